The van der Waals surface area contributed by atoms with Crippen molar-refractivity contribution in [2.45, 2.75) is 76.4 Å². The van der Waals surface area contributed by atoms with Crippen LogP contribution in [0, 0.1) is 11.8 Å². The first kappa shape index (κ1) is 26.1. The van der Waals surface area contributed by atoms with Crippen LogP contribution in [-0.4, -0.2) is 51.0 Å². The number of rotatable bonds is 12. The van der Waals surface area contributed by atoms with E-state index >= 15 is 0 Å². The van der Waals surface area contributed by atoms with E-state index in [1.807, 2.05) is 12.1 Å². The van der Waals surface area contributed by atoms with Gasteiger partial charge in [0, 0.05) is 11.9 Å². The Bertz CT molecular complexity index is 731. The van der Waals surface area contributed by atoms with Gasteiger partial charge in [-0.3, -0.25) is 0 Å². The predicted molar refractivity (Wildman–Crippen MR) is 134 cm³/mol. The van der Waals surface area contributed by atoms with E-state index in [0.29, 0.717) is 31.1 Å². The standard InChI is InChI=1S/C26H40BrNO5/c1-30-24-12-9-19(17-25(24)31-2)13-16-32-23-8-4-3-7-22(23)20-10-11-21(18-20)33-26(29)28-15-6-5-14-27/h9,12,17,20-23H,3-8,10-11,13-16,18H2,1-2H3,(H,28,29)/t20?,21-,22+,23-/m1/s1. The maximum Gasteiger partial charge on any atom is 0.407 e. The Labute approximate surface area is 207 Å². The Morgan fingerprint density at radius 1 is 1.06 bits per heavy atom. The molecule has 0 radical (unpaired) electrons. The van der Waals surface area contributed by atoms with Crippen LogP contribution in [0.15, 0.2) is 18.2 Å². The van der Waals surface area contributed by atoms with Gasteiger partial charge in [-0.05, 0) is 80.9 Å². The maximum atomic E-state index is 12.1. The van der Waals surface area contributed by atoms with Gasteiger partial charge in [0.1, 0.15) is 6.10 Å². The largest absolute Gasteiger partial charge is 0.493 e. The van der Waals surface area contributed by atoms with Gasteiger partial charge >= 0.3 is 6.09 Å². The highest BCUT2D eigenvalue weighted by Crippen LogP contribution is 2.41. The molecule has 0 aromatic heterocycles. The SMILES string of the molecule is COc1ccc(CCO[C@@H]2CCCC[C@H]2C2CC[C@@H](OC(=O)NCCCCBr)C2)cc1OC. The van der Waals surface area contributed by atoms with E-state index in [-0.39, 0.29) is 12.2 Å². The molecule has 0 bridgehead atoms. The van der Waals surface area contributed by atoms with Gasteiger partial charge in [0.2, 0.25) is 0 Å². The summed E-state index contributed by atoms with van der Waals surface area (Å²) in [4.78, 5) is 12.1. The normalized spacial score (nSPS) is 24.9. The van der Waals surface area contributed by atoms with Crippen LogP contribution in [0.3, 0.4) is 0 Å². The monoisotopic (exact) mass is 525 g/mol. The second-order valence-corrected chi connectivity index (χ2v) is 10.0. The zero-order chi connectivity index (χ0) is 23.5. The molecule has 1 aromatic carbocycles. The summed E-state index contributed by atoms with van der Waals surface area (Å²) < 4.78 is 22.9. The Morgan fingerprint density at radius 2 is 1.88 bits per heavy atom. The first-order chi connectivity index (χ1) is 16.1. The number of halogens is 1. The summed E-state index contributed by atoms with van der Waals surface area (Å²) in [6.45, 7) is 1.39. The van der Waals surface area contributed by atoms with Crippen molar-refractivity contribution in [2.75, 3.05) is 32.7 Å². The fraction of sp³-hybridized carbons (Fsp3) is 0.731. The summed E-state index contributed by atoms with van der Waals surface area (Å²) in [7, 11) is 3.32. The molecule has 3 rings (SSSR count). The van der Waals surface area contributed by atoms with Crippen LogP contribution in [0.5, 0.6) is 11.5 Å². The van der Waals surface area contributed by atoms with Crippen LogP contribution in [0.4, 0.5) is 4.79 Å². The molecule has 2 aliphatic carbocycles. The van der Waals surface area contributed by atoms with Crippen LogP contribution < -0.4 is 14.8 Å². The van der Waals surface area contributed by atoms with Gasteiger partial charge in [0.05, 0.1) is 26.9 Å². The first-order valence-corrected chi connectivity index (χ1v) is 13.6. The Hall–Kier alpha value is -1.47. The van der Waals surface area contributed by atoms with Crippen LogP contribution in [0.25, 0.3) is 0 Å². The number of benzene rings is 1. The third kappa shape index (κ3) is 8.06. The smallest absolute Gasteiger partial charge is 0.407 e. The highest BCUT2D eigenvalue weighted by Gasteiger charge is 2.38. The number of carbonyl (C=O) groups excluding carboxylic acids is 1. The van der Waals surface area contributed by atoms with Crippen molar-refractivity contribution in [3.05, 3.63) is 23.8 Å². The highest BCUT2D eigenvalue weighted by molar-refractivity contribution is 9.09. The van der Waals surface area contributed by atoms with Gasteiger partial charge in [-0.1, -0.05) is 34.8 Å². The number of alkyl carbamates (subject to hydrolysis) is 1. The van der Waals surface area contributed by atoms with E-state index in [0.717, 1.165) is 61.8 Å². The first-order valence-electron chi connectivity index (χ1n) is 12.5. The number of ether oxygens (including phenoxy) is 4. The Morgan fingerprint density at radius 3 is 2.67 bits per heavy atom. The molecule has 1 amide bonds. The van der Waals surface area contributed by atoms with E-state index in [9.17, 15) is 4.79 Å². The number of methoxy groups -OCH3 is 2. The van der Waals surface area contributed by atoms with E-state index in [1.54, 1.807) is 14.2 Å². The molecule has 2 saturated carbocycles. The molecule has 1 N–H and O–H groups in total. The molecule has 2 aliphatic rings. The van der Waals surface area contributed by atoms with Crippen LogP contribution in [0.2, 0.25) is 0 Å². The maximum absolute atomic E-state index is 12.1. The lowest BCUT2D eigenvalue weighted by molar-refractivity contribution is -0.0306. The average Bonchev–Trinajstić information content (AvgIpc) is 3.30. The van der Waals surface area contributed by atoms with E-state index in [2.05, 4.69) is 27.3 Å². The van der Waals surface area contributed by atoms with Crippen molar-refractivity contribution in [1.29, 1.82) is 0 Å². The van der Waals surface area contributed by atoms with Gasteiger partial charge in [0.25, 0.3) is 0 Å². The van der Waals surface area contributed by atoms with E-state index in [1.165, 1.54) is 24.8 Å². The number of nitrogens with one attached hydrogen (secondary N) is 1. The minimum Gasteiger partial charge on any atom is -0.493 e. The lowest BCUT2D eigenvalue weighted by Gasteiger charge is -2.35. The number of hydrogen-bond acceptors (Lipinski definition) is 5. The van der Waals surface area contributed by atoms with Crippen molar-refractivity contribution >= 4 is 22.0 Å². The summed E-state index contributed by atoms with van der Waals surface area (Å²) in [5.74, 6) is 2.66. The average molecular weight is 527 g/mol. The van der Waals surface area contributed by atoms with Crippen molar-refractivity contribution in [3.8, 4) is 11.5 Å². The van der Waals surface area contributed by atoms with Crippen molar-refractivity contribution in [1.82, 2.24) is 5.32 Å². The molecule has 7 heteroatoms. The van der Waals surface area contributed by atoms with Gasteiger partial charge < -0.3 is 24.3 Å². The van der Waals surface area contributed by atoms with Gasteiger partial charge in [-0.15, -0.1) is 0 Å². The molecule has 4 atom stereocenters. The lowest BCUT2D eigenvalue weighted by atomic mass is 9.77. The minimum atomic E-state index is -0.262. The third-order valence-corrected chi connectivity index (χ3v) is 7.62. The van der Waals surface area contributed by atoms with Gasteiger partial charge in [-0.25, -0.2) is 4.79 Å². The summed E-state index contributed by atoms with van der Waals surface area (Å²) >= 11 is 3.41. The molecule has 0 saturated heterocycles. The number of unbranched alkanes of at least 4 members (excludes halogenated alkanes) is 1. The summed E-state index contributed by atoms with van der Waals surface area (Å²) in [5.41, 5.74) is 1.19. The van der Waals surface area contributed by atoms with Crippen LogP contribution in [-0.2, 0) is 15.9 Å². The molecule has 6 nitrogen and oxygen atoms in total. The molecular formula is C26H40BrNO5. The number of carbonyl (C=O) groups is 1. The number of amides is 1. The van der Waals surface area contributed by atoms with Crippen molar-refractivity contribution in [3.63, 3.8) is 0 Å². The van der Waals surface area contributed by atoms with E-state index in [4.69, 9.17) is 18.9 Å². The topological polar surface area (TPSA) is 66.0 Å². The molecule has 0 aliphatic heterocycles. The highest BCUT2D eigenvalue weighted by atomic mass is 79.9. The minimum absolute atomic E-state index is 0.0421. The number of hydrogen-bond donors (Lipinski definition) is 1. The summed E-state index contributed by atoms with van der Waals surface area (Å²) in [6, 6.07) is 6.06. The van der Waals surface area contributed by atoms with Gasteiger partial charge in [-0.2, -0.15) is 0 Å². The number of alkyl halides is 1. The fourth-order valence-corrected chi connectivity index (χ4v) is 5.70. The summed E-state index contributed by atoms with van der Waals surface area (Å²) in [5, 5.41) is 3.85. The summed E-state index contributed by atoms with van der Waals surface area (Å²) in [6.07, 6.45) is 10.9. The van der Waals surface area contributed by atoms with Crippen molar-refractivity contribution in [2.24, 2.45) is 11.8 Å². The van der Waals surface area contributed by atoms with E-state index < -0.39 is 0 Å². The van der Waals surface area contributed by atoms with Crippen molar-refractivity contribution < 1.29 is 23.7 Å². The molecule has 0 heterocycles. The molecule has 33 heavy (non-hydrogen) atoms. The molecule has 1 unspecified atom stereocenters. The molecule has 186 valence electrons. The third-order valence-electron chi connectivity index (χ3n) is 7.06. The molecule has 0 spiro atoms. The quantitative estimate of drug-likeness (QED) is 0.272. The fourth-order valence-electron chi connectivity index (χ4n) is 5.31. The zero-order valence-corrected chi connectivity index (χ0v) is 21.7. The lowest BCUT2D eigenvalue weighted by Crippen LogP contribution is -2.34. The zero-order valence-electron chi connectivity index (χ0n) is 20.2. The van der Waals surface area contributed by atoms with Crippen LogP contribution >= 0.6 is 15.9 Å². The molecular weight excluding hydrogens is 486 g/mol. The Balaban J connectivity index is 1.44. The molecule has 1 aromatic rings. The van der Waals surface area contributed by atoms with Gasteiger partial charge in [0.15, 0.2) is 11.5 Å². The van der Waals surface area contributed by atoms with Crippen LogP contribution in [0.1, 0.15) is 63.4 Å². The Kier molecular flexibility index (Phi) is 11.1. The molecule has 2 fully saturated rings. The predicted octanol–water partition coefficient (Wildman–Crippen LogP) is 5.89. The second-order valence-electron chi connectivity index (χ2n) is 9.22. The second kappa shape index (κ2) is 14.1.